The van der Waals surface area contributed by atoms with E-state index in [0.29, 0.717) is 5.02 Å². The van der Waals surface area contributed by atoms with E-state index in [2.05, 4.69) is 50.5 Å². The molecule has 1 unspecified atom stereocenters. The van der Waals surface area contributed by atoms with Crippen molar-refractivity contribution in [1.29, 1.82) is 0 Å². The average molecular weight is 386 g/mol. The van der Waals surface area contributed by atoms with E-state index in [1.54, 1.807) is 0 Å². The smallest absolute Gasteiger partial charge is 0.0855 e. The largest absolute Gasteiger partial charge is 0.113 e. The monoisotopic (exact) mass is 384 g/mol. The molecule has 0 spiro atoms. The van der Waals surface area contributed by atoms with E-state index >= 15 is 0 Å². The Morgan fingerprint density at radius 2 is 1.33 bits per heavy atom. The summed E-state index contributed by atoms with van der Waals surface area (Å²) in [5, 5.41) is 0.461. The normalized spacial score (nSPS) is 12.6. The number of hydrogen-bond acceptors (Lipinski definition) is 0. The lowest BCUT2D eigenvalue weighted by Gasteiger charge is -2.23. The van der Waals surface area contributed by atoms with Crippen LogP contribution in [0.25, 0.3) is 0 Å². The molecule has 0 amide bonds. The average Bonchev–Trinajstić information content (AvgIpc) is 2.43. The molecular formula is C18H19BrCl2. The first kappa shape index (κ1) is 16.9. The molecule has 0 saturated carbocycles. The molecule has 0 saturated heterocycles. The predicted octanol–water partition coefficient (Wildman–Crippen LogP) is 6.97. The molecule has 0 aliphatic carbocycles. The van der Waals surface area contributed by atoms with Crippen molar-refractivity contribution in [2.45, 2.75) is 40.0 Å². The van der Waals surface area contributed by atoms with Crippen molar-refractivity contribution in [3.05, 3.63) is 66.6 Å². The molecule has 0 fully saturated rings. The minimum atomic E-state index is -0.233. The van der Waals surface area contributed by atoms with Gasteiger partial charge in [0.1, 0.15) is 0 Å². The highest BCUT2D eigenvalue weighted by Gasteiger charge is 2.21. The zero-order valence-electron chi connectivity index (χ0n) is 12.9. The summed E-state index contributed by atoms with van der Waals surface area (Å²) in [6.45, 7) is 10.8. The molecule has 3 heteroatoms. The summed E-state index contributed by atoms with van der Waals surface area (Å²) >= 11 is 16.6. The van der Waals surface area contributed by atoms with Crippen LogP contribution in [-0.4, -0.2) is 0 Å². The van der Waals surface area contributed by atoms with Crippen LogP contribution < -0.4 is 0 Å². The zero-order valence-corrected chi connectivity index (χ0v) is 16.0. The fourth-order valence-corrected chi connectivity index (χ4v) is 4.13. The Labute approximate surface area is 145 Å². The van der Waals surface area contributed by atoms with E-state index in [9.17, 15) is 0 Å². The Morgan fingerprint density at radius 1 is 0.857 bits per heavy atom. The highest BCUT2D eigenvalue weighted by Crippen LogP contribution is 2.40. The number of halogens is 3. The van der Waals surface area contributed by atoms with Gasteiger partial charge in [0.15, 0.2) is 0 Å². The van der Waals surface area contributed by atoms with E-state index < -0.39 is 0 Å². The van der Waals surface area contributed by atoms with E-state index in [0.717, 1.165) is 10.0 Å². The van der Waals surface area contributed by atoms with Crippen LogP contribution in [0.4, 0.5) is 0 Å². The number of hydrogen-bond donors (Lipinski definition) is 0. The lowest BCUT2D eigenvalue weighted by molar-refractivity contribution is 1.04. The van der Waals surface area contributed by atoms with E-state index in [1.165, 1.54) is 33.4 Å². The van der Waals surface area contributed by atoms with Crippen LogP contribution in [0, 0.1) is 34.6 Å². The maximum atomic E-state index is 6.80. The summed E-state index contributed by atoms with van der Waals surface area (Å²) in [4.78, 5) is 0. The lowest BCUT2D eigenvalue weighted by atomic mass is 9.86. The highest BCUT2D eigenvalue weighted by atomic mass is 79.9. The number of benzene rings is 2. The van der Waals surface area contributed by atoms with Gasteiger partial charge in [0.25, 0.3) is 0 Å². The molecule has 1 atom stereocenters. The Morgan fingerprint density at radius 3 is 1.81 bits per heavy atom. The Bertz CT molecular complexity index is 676. The Hall–Kier alpha value is -0.500. The molecule has 0 aromatic heterocycles. The SMILES string of the molecule is Cc1c(C)c(C)c(C(Cl)c2ccc(Br)cc2Cl)c(C)c1C. The summed E-state index contributed by atoms with van der Waals surface area (Å²) in [5.41, 5.74) is 8.62. The first-order chi connectivity index (χ1) is 9.75. The second-order valence-electron chi connectivity index (χ2n) is 5.57. The van der Waals surface area contributed by atoms with Crippen molar-refractivity contribution >= 4 is 39.1 Å². The second kappa shape index (κ2) is 6.32. The zero-order chi connectivity index (χ0) is 15.9. The van der Waals surface area contributed by atoms with Gasteiger partial charge in [0.05, 0.1) is 5.38 Å². The van der Waals surface area contributed by atoms with Crippen molar-refractivity contribution in [1.82, 2.24) is 0 Å². The minimum absolute atomic E-state index is 0.233. The van der Waals surface area contributed by atoms with E-state index in [4.69, 9.17) is 23.2 Å². The topological polar surface area (TPSA) is 0 Å². The van der Waals surface area contributed by atoms with Gasteiger partial charge < -0.3 is 0 Å². The Balaban J connectivity index is 2.66. The first-order valence-corrected chi connectivity index (χ1v) is 8.52. The number of rotatable bonds is 2. The van der Waals surface area contributed by atoms with Crippen LogP contribution in [0.1, 0.15) is 44.3 Å². The van der Waals surface area contributed by atoms with Crippen molar-refractivity contribution in [2.75, 3.05) is 0 Å². The van der Waals surface area contributed by atoms with Gasteiger partial charge in [0, 0.05) is 9.50 Å². The molecule has 0 aliphatic heterocycles. The lowest BCUT2D eigenvalue weighted by Crippen LogP contribution is -2.06. The molecule has 0 aliphatic rings. The molecule has 0 bridgehead atoms. The third-order valence-electron chi connectivity index (χ3n) is 4.55. The molecule has 2 rings (SSSR count). The molecule has 2 aromatic rings. The highest BCUT2D eigenvalue weighted by molar-refractivity contribution is 9.10. The molecule has 112 valence electrons. The molecule has 0 heterocycles. The van der Waals surface area contributed by atoms with Crippen LogP contribution >= 0.6 is 39.1 Å². The van der Waals surface area contributed by atoms with Crippen LogP contribution in [0.3, 0.4) is 0 Å². The summed E-state index contributed by atoms with van der Waals surface area (Å²) in [5.74, 6) is 0. The van der Waals surface area contributed by atoms with Crippen molar-refractivity contribution in [3.63, 3.8) is 0 Å². The van der Waals surface area contributed by atoms with Gasteiger partial charge in [-0.05, 0) is 85.7 Å². The van der Waals surface area contributed by atoms with Gasteiger partial charge in [-0.15, -0.1) is 11.6 Å². The quantitative estimate of drug-likeness (QED) is 0.489. The van der Waals surface area contributed by atoms with Gasteiger partial charge in [-0.2, -0.15) is 0 Å². The third-order valence-corrected chi connectivity index (χ3v) is 5.82. The predicted molar refractivity (Wildman–Crippen MR) is 97.0 cm³/mol. The standard InChI is InChI=1S/C18H19BrCl2/c1-9-10(2)12(4)17(13(5)11(9)3)18(21)15-7-6-14(19)8-16(15)20/h6-8,18H,1-5H3. The van der Waals surface area contributed by atoms with Crippen molar-refractivity contribution < 1.29 is 0 Å². The van der Waals surface area contributed by atoms with E-state index in [-0.39, 0.29) is 5.38 Å². The van der Waals surface area contributed by atoms with Gasteiger partial charge in [-0.25, -0.2) is 0 Å². The number of alkyl halides is 1. The summed E-state index contributed by atoms with van der Waals surface area (Å²) in [7, 11) is 0. The minimum Gasteiger partial charge on any atom is -0.113 e. The maximum absolute atomic E-state index is 6.80. The Kier molecular flexibility index (Phi) is 5.07. The fourth-order valence-electron chi connectivity index (χ4n) is 2.77. The van der Waals surface area contributed by atoms with Crippen molar-refractivity contribution in [3.8, 4) is 0 Å². The summed E-state index contributed by atoms with van der Waals surface area (Å²) in [6.07, 6.45) is 0. The van der Waals surface area contributed by atoms with Gasteiger partial charge in [-0.3, -0.25) is 0 Å². The van der Waals surface area contributed by atoms with Gasteiger partial charge >= 0.3 is 0 Å². The summed E-state index contributed by atoms with van der Waals surface area (Å²) in [6, 6.07) is 5.87. The molecule has 0 radical (unpaired) electrons. The van der Waals surface area contributed by atoms with Crippen LogP contribution in [0.5, 0.6) is 0 Å². The molecule has 2 aromatic carbocycles. The third kappa shape index (κ3) is 3.02. The molecule has 21 heavy (non-hydrogen) atoms. The van der Waals surface area contributed by atoms with Crippen molar-refractivity contribution in [2.24, 2.45) is 0 Å². The van der Waals surface area contributed by atoms with Crippen LogP contribution in [0.15, 0.2) is 22.7 Å². The molecule has 0 nitrogen and oxygen atoms in total. The molecular weight excluding hydrogens is 367 g/mol. The maximum Gasteiger partial charge on any atom is 0.0855 e. The fraction of sp³-hybridized carbons (Fsp3) is 0.333. The first-order valence-electron chi connectivity index (χ1n) is 6.91. The van der Waals surface area contributed by atoms with Crippen LogP contribution in [-0.2, 0) is 0 Å². The summed E-state index contributed by atoms with van der Waals surface area (Å²) < 4.78 is 0.963. The molecule has 0 N–H and O–H groups in total. The van der Waals surface area contributed by atoms with Crippen LogP contribution in [0.2, 0.25) is 5.02 Å². The second-order valence-corrected chi connectivity index (χ2v) is 7.33. The van der Waals surface area contributed by atoms with E-state index in [1.807, 2.05) is 18.2 Å². The van der Waals surface area contributed by atoms with Gasteiger partial charge in [0.2, 0.25) is 0 Å². The van der Waals surface area contributed by atoms with Gasteiger partial charge in [-0.1, -0.05) is 33.6 Å².